The molecule has 1 amide bonds. The van der Waals surface area contributed by atoms with Crippen molar-refractivity contribution in [2.45, 2.75) is 23.6 Å². The first-order valence-electron chi connectivity index (χ1n) is 9.94. The Hall–Kier alpha value is -3.29. The summed E-state index contributed by atoms with van der Waals surface area (Å²) in [7, 11) is -2.86. The quantitative estimate of drug-likeness (QED) is 0.200. The molecule has 0 aliphatic carbocycles. The van der Waals surface area contributed by atoms with Crippen LogP contribution in [-0.4, -0.2) is 48.1 Å². The van der Waals surface area contributed by atoms with E-state index < -0.39 is 34.0 Å². The van der Waals surface area contributed by atoms with Crippen LogP contribution in [0.4, 0.5) is 0 Å². The number of para-hydroxylation sites is 1. The van der Waals surface area contributed by atoms with E-state index in [-0.39, 0.29) is 21.2 Å². The van der Waals surface area contributed by atoms with Gasteiger partial charge < -0.3 is 14.6 Å². The van der Waals surface area contributed by atoms with Crippen LogP contribution < -0.4 is 15.0 Å². The van der Waals surface area contributed by atoms with E-state index in [1.54, 1.807) is 30.3 Å². The van der Waals surface area contributed by atoms with Gasteiger partial charge in [0.05, 0.1) is 12.0 Å². The van der Waals surface area contributed by atoms with E-state index in [9.17, 15) is 28.3 Å². The summed E-state index contributed by atoms with van der Waals surface area (Å²) in [6.07, 6.45) is -1.63. The number of rotatable bonds is 6. The Bertz CT molecular complexity index is 1310. The van der Waals surface area contributed by atoms with E-state index in [0.717, 1.165) is 15.6 Å². The number of methoxy groups -OCH3 is 1. The average molecular weight is 505 g/mol. The molecule has 0 radical (unpaired) electrons. The maximum Gasteiger partial charge on any atom is 0.353 e. The highest BCUT2D eigenvalue weighted by molar-refractivity contribution is 7.89. The molecule has 2 aromatic carbocycles. The van der Waals surface area contributed by atoms with Gasteiger partial charge in [-0.1, -0.05) is 18.2 Å². The van der Waals surface area contributed by atoms with Crippen molar-refractivity contribution in [2.75, 3.05) is 7.11 Å². The monoisotopic (exact) mass is 504 g/mol. The van der Waals surface area contributed by atoms with Crippen molar-refractivity contribution in [1.29, 1.82) is 0 Å². The second-order valence-electron chi connectivity index (χ2n) is 7.29. The summed E-state index contributed by atoms with van der Waals surface area (Å²) in [5.74, 6) is -1.05. The second-order valence-corrected chi connectivity index (χ2v) is 10.3. The number of amides is 1. The zero-order chi connectivity index (χ0) is 24.5. The molecule has 2 heterocycles. The Balaban J connectivity index is 1.70. The number of hydrogen-bond donors (Lipinski definition) is 3. The zero-order valence-corrected chi connectivity index (χ0v) is 19.4. The van der Waals surface area contributed by atoms with Crippen LogP contribution in [0, 0.1) is 0 Å². The van der Waals surface area contributed by atoms with Gasteiger partial charge >= 0.3 is 5.97 Å². The summed E-state index contributed by atoms with van der Waals surface area (Å²) in [5.41, 5.74) is 1.76. The minimum atomic E-state index is -4.29. The van der Waals surface area contributed by atoms with Gasteiger partial charge in [0.2, 0.25) is 10.0 Å². The van der Waals surface area contributed by atoms with Gasteiger partial charge in [-0.2, -0.15) is 4.31 Å². The van der Waals surface area contributed by atoms with E-state index in [1.807, 2.05) is 0 Å². The van der Waals surface area contributed by atoms with Gasteiger partial charge in [0.15, 0.2) is 0 Å². The number of sulfonamides is 1. The van der Waals surface area contributed by atoms with E-state index in [2.05, 4.69) is 0 Å². The van der Waals surface area contributed by atoms with Gasteiger partial charge in [-0.15, -0.1) is 11.3 Å². The number of aliphatic hydroxyl groups excluding tert-OH is 1. The van der Waals surface area contributed by atoms with Gasteiger partial charge in [0, 0.05) is 11.4 Å². The van der Waals surface area contributed by atoms with Crippen LogP contribution in [-0.2, 0) is 21.4 Å². The largest absolute Gasteiger partial charge is 0.497 e. The number of carbonyl (C=O) groups excluding carboxylic acids is 2. The summed E-state index contributed by atoms with van der Waals surface area (Å²) in [6, 6.07) is 13.6. The first-order valence-corrected chi connectivity index (χ1v) is 12.2. The minimum absolute atomic E-state index is 0.125. The fourth-order valence-electron chi connectivity index (χ4n) is 3.59. The van der Waals surface area contributed by atoms with Crippen LogP contribution in [0.3, 0.4) is 0 Å². The molecular weight excluding hydrogens is 484 g/mol. The molecule has 2 atom stereocenters. The number of esters is 1. The number of benzene rings is 2. The Labute approximate surface area is 199 Å². The van der Waals surface area contributed by atoms with Crippen LogP contribution in [0.15, 0.2) is 65.6 Å². The molecule has 34 heavy (non-hydrogen) atoms. The summed E-state index contributed by atoms with van der Waals surface area (Å²) >= 11 is 0.892. The lowest BCUT2D eigenvalue weighted by atomic mass is 10.0. The van der Waals surface area contributed by atoms with Crippen molar-refractivity contribution in [3.05, 3.63) is 76.0 Å². The molecule has 0 bridgehead atoms. The Morgan fingerprint density at radius 3 is 2.38 bits per heavy atom. The number of nitrogens with zero attached hydrogens (tertiary/aromatic N) is 1. The normalized spacial score (nSPS) is 18.1. The van der Waals surface area contributed by atoms with E-state index in [4.69, 9.17) is 9.47 Å². The Morgan fingerprint density at radius 1 is 1.09 bits per heavy atom. The predicted octanol–water partition coefficient (Wildman–Crippen LogP) is 2.09. The maximum absolute atomic E-state index is 13.4. The first-order chi connectivity index (χ1) is 16.3. The molecule has 12 heteroatoms. The van der Waals surface area contributed by atoms with Gasteiger partial charge in [-0.3, -0.25) is 10.0 Å². The van der Waals surface area contributed by atoms with E-state index in [1.165, 1.54) is 42.9 Å². The molecule has 0 saturated heterocycles. The molecule has 1 aliphatic heterocycles. The molecule has 0 unspecified atom stereocenters. The number of nitrogens with one attached hydrogen (secondary N) is 1. The maximum atomic E-state index is 13.4. The number of ether oxygens (including phenoxy) is 2. The topological polar surface area (TPSA) is 142 Å². The molecule has 4 rings (SSSR count). The van der Waals surface area contributed by atoms with Crippen molar-refractivity contribution < 1.29 is 37.8 Å². The smallest absolute Gasteiger partial charge is 0.353 e. The molecule has 1 aliphatic rings. The number of aliphatic hydroxyl groups is 1. The van der Waals surface area contributed by atoms with Crippen molar-refractivity contribution in [1.82, 2.24) is 9.79 Å². The highest BCUT2D eigenvalue weighted by Gasteiger charge is 2.46. The third-order valence-electron chi connectivity index (χ3n) is 5.25. The zero-order valence-electron chi connectivity index (χ0n) is 17.7. The highest BCUT2D eigenvalue weighted by atomic mass is 32.2. The van der Waals surface area contributed by atoms with E-state index in [0.29, 0.717) is 17.1 Å². The highest BCUT2D eigenvalue weighted by Crippen LogP contribution is 2.40. The number of fused-ring (bicyclic) bond motifs is 1. The Kier molecular flexibility index (Phi) is 6.68. The molecule has 0 saturated carbocycles. The first kappa shape index (κ1) is 23.9. The number of hydroxylamine groups is 1. The van der Waals surface area contributed by atoms with Crippen LogP contribution in [0.5, 0.6) is 11.5 Å². The van der Waals surface area contributed by atoms with Gasteiger partial charge in [-0.05, 0) is 48.0 Å². The molecule has 10 nitrogen and oxygen atoms in total. The van der Waals surface area contributed by atoms with Crippen molar-refractivity contribution >= 4 is 33.2 Å². The summed E-state index contributed by atoms with van der Waals surface area (Å²) < 4.78 is 37.9. The van der Waals surface area contributed by atoms with Gasteiger partial charge in [0.1, 0.15) is 28.5 Å². The lowest BCUT2D eigenvalue weighted by molar-refractivity contribution is -0.137. The van der Waals surface area contributed by atoms with Crippen molar-refractivity contribution in [3.8, 4) is 11.5 Å². The third-order valence-corrected chi connectivity index (χ3v) is 8.32. The van der Waals surface area contributed by atoms with Crippen LogP contribution in [0.1, 0.15) is 26.2 Å². The van der Waals surface area contributed by atoms with Crippen LogP contribution in [0.25, 0.3) is 0 Å². The van der Waals surface area contributed by atoms with E-state index >= 15 is 0 Å². The third kappa shape index (κ3) is 4.41. The van der Waals surface area contributed by atoms with Crippen LogP contribution >= 0.6 is 11.3 Å². The summed E-state index contributed by atoms with van der Waals surface area (Å²) in [4.78, 5) is 25.3. The summed E-state index contributed by atoms with van der Waals surface area (Å²) in [5, 5.41) is 20.1. The van der Waals surface area contributed by atoms with Crippen molar-refractivity contribution in [2.24, 2.45) is 0 Å². The molecule has 178 valence electrons. The SMILES string of the molecule is COc1ccc(S(=O)(=O)N2Cc3cc(C(=O)Oc4ccccc4)sc3[C@H](O)[C@@H]2C(=O)NO)cc1. The molecule has 0 fully saturated rings. The lowest BCUT2D eigenvalue weighted by Gasteiger charge is -2.36. The average Bonchev–Trinajstić information content (AvgIpc) is 3.29. The number of hydrogen-bond acceptors (Lipinski definition) is 9. The molecule has 3 aromatic rings. The molecule has 0 spiro atoms. The standard InChI is InChI=1S/C22H20N2O8S2/c1-31-14-7-9-16(10-8-14)34(29,30)24-12-13-11-17(22(27)32-15-5-3-2-4-6-15)33-20(13)19(25)18(24)21(26)23-28/h2-11,18-19,25,28H,12H2,1H3,(H,23,26)/t18-,19-/m1/s1. The summed E-state index contributed by atoms with van der Waals surface area (Å²) in [6.45, 7) is -0.312. The fourth-order valence-corrected chi connectivity index (χ4v) is 6.23. The lowest BCUT2D eigenvalue weighted by Crippen LogP contribution is -2.53. The second kappa shape index (κ2) is 9.52. The predicted molar refractivity (Wildman–Crippen MR) is 120 cm³/mol. The van der Waals surface area contributed by atoms with Crippen molar-refractivity contribution in [3.63, 3.8) is 0 Å². The molecule has 3 N–H and O–H groups in total. The van der Waals surface area contributed by atoms with Gasteiger partial charge in [0.25, 0.3) is 5.91 Å². The van der Waals surface area contributed by atoms with Crippen LogP contribution in [0.2, 0.25) is 0 Å². The molecule has 1 aromatic heterocycles. The fraction of sp³-hybridized carbons (Fsp3) is 0.182. The number of thiophene rings is 1. The molecular formula is C22H20N2O8S2. The minimum Gasteiger partial charge on any atom is -0.497 e. The van der Waals surface area contributed by atoms with Gasteiger partial charge in [-0.25, -0.2) is 18.7 Å². The number of carbonyl (C=O) groups is 2. The Morgan fingerprint density at radius 2 is 1.76 bits per heavy atom.